The van der Waals surface area contributed by atoms with Crippen LogP contribution in [0, 0.1) is 0 Å². The van der Waals surface area contributed by atoms with Crippen molar-refractivity contribution in [1.29, 1.82) is 0 Å². The molecule has 0 unspecified atom stereocenters. The van der Waals surface area contributed by atoms with E-state index in [-0.39, 0.29) is 12.3 Å². The monoisotopic (exact) mass is 306 g/mol. The Bertz CT molecular complexity index is 607. The predicted octanol–water partition coefficient (Wildman–Crippen LogP) is -0.391. The summed E-state index contributed by atoms with van der Waals surface area (Å²) >= 11 is 0. The van der Waals surface area contributed by atoms with Gasteiger partial charge in [-0.3, -0.25) is 0 Å². The zero-order valence-electron chi connectivity index (χ0n) is 10.7. The molecule has 0 amide bonds. The van der Waals surface area contributed by atoms with E-state index >= 15 is 0 Å². The van der Waals surface area contributed by atoms with Crippen LogP contribution < -0.4 is 10.5 Å². The van der Waals surface area contributed by atoms with Crippen LogP contribution in [0.5, 0.6) is 0 Å². The van der Waals surface area contributed by atoms with Crippen LogP contribution >= 0.6 is 0 Å². The van der Waals surface area contributed by atoms with Gasteiger partial charge in [-0.2, -0.15) is 0 Å². The summed E-state index contributed by atoms with van der Waals surface area (Å²) in [5.41, 5.74) is 7.21. The summed E-state index contributed by atoms with van der Waals surface area (Å²) in [7, 11) is -6.86. The lowest BCUT2D eigenvalue weighted by Crippen LogP contribution is -2.29. The van der Waals surface area contributed by atoms with Crippen molar-refractivity contribution >= 4 is 19.9 Å². The Labute approximate surface area is 114 Å². The van der Waals surface area contributed by atoms with Gasteiger partial charge in [-0.25, -0.2) is 21.6 Å². The molecule has 0 aliphatic heterocycles. The van der Waals surface area contributed by atoms with Gasteiger partial charge in [0.05, 0.1) is 11.5 Å². The van der Waals surface area contributed by atoms with Gasteiger partial charge >= 0.3 is 0 Å². The summed E-state index contributed by atoms with van der Waals surface area (Å²) in [6.45, 7) is 0.567. The molecule has 6 nitrogen and oxygen atoms in total. The third-order valence-electron chi connectivity index (χ3n) is 2.48. The summed E-state index contributed by atoms with van der Waals surface area (Å²) in [4.78, 5) is 0. The first-order valence-electron chi connectivity index (χ1n) is 5.65. The summed E-state index contributed by atoms with van der Waals surface area (Å²) in [6.07, 6.45) is 1.01. The Morgan fingerprint density at radius 2 is 1.53 bits per heavy atom. The summed E-state index contributed by atoms with van der Waals surface area (Å²) in [5, 5.41) is 0. The summed E-state index contributed by atoms with van der Waals surface area (Å²) in [6, 6.07) is 7.20. The normalized spacial score (nSPS) is 12.5. The molecule has 0 saturated heterocycles. The molecule has 1 aromatic carbocycles. The number of nitrogens with two attached hydrogens (primary N) is 1. The first-order chi connectivity index (χ1) is 8.72. The first kappa shape index (κ1) is 16.1. The van der Waals surface area contributed by atoms with E-state index in [0.29, 0.717) is 6.54 Å². The molecule has 0 spiro atoms. The van der Waals surface area contributed by atoms with E-state index < -0.39 is 25.6 Å². The van der Waals surface area contributed by atoms with Crippen molar-refractivity contribution in [3.63, 3.8) is 0 Å². The maximum Gasteiger partial charge on any atom is 0.212 e. The summed E-state index contributed by atoms with van der Waals surface area (Å²) < 4.78 is 47.4. The van der Waals surface area contributed by atoms with E-state index in [1.807, 2.05) is 12.1 Å². The largest absolute Gasteiger partial charge is 0.326 e. The molecule has 0 aromatic heterocycles. The SMILES string of the molecule is CS(=O)(=O)CCS(=O)(=O)NCc1ccc(CN)cc1. The van der Waals surface area contributed by atoms with E-state index in [9.17, 15) is 16.8 Å². The molecule has 19 heavy (non-hydrogen) atoms. The highest BCUT2D eigenvalue weighted by atomic mass is 32.2. The fourth-order valence-electron chi connectivity index (χ4n) is 1.32. The van der Waals surface area contributed by atoms with Gasteiger partial charge < -0.3 is 5.73 Å². The van der Waals surface area contributed by atoms with Gasteiger partial charge in [-0.1, -0.05) is 24.3 Å². The molecule has 0 atom stereocenters. The molecule has 0 aliphatic rings. The van der Waals surface area contributed by atoms with Crippen LogP contribution in [0.4, 0.5) is 0 Å². The number of hydrogen-bond acceptors (Lipinski definition) is 5. The molecular formula is C11H18N2O4S2. The van der Waals surface area contributed by atoms with Crippen molar-refractivity contribution < 1.29 is 16.8 Å². The highest BCUT2D eigenvalue weighted by molar-refractivity contribution is 7.93. The van der Waals surface area contributed by atoms with E-state index in [2.05, 4.69) is 4.72 Å². The first-order valence-corrected chi connectivity index (χ1v) is 9.36. The fraction of sp³-hybridized carbons (Fsp3) is 0.455. The van der Waals surface area contributed by atoms with Gasteiger partial charge in [0.2, 0.25) is 10.0 Å². The van der Waals surface area contributed by atoms with Crippen LogP contribution in [-0.4, -0.2) is 34.6 Å². The number of benzene rings is 1. The molecule has 1 aromatic rings. The van der Waals surface area contributed by atoms with E-state index in [4.69, 9.17) is 5.73 Å². The van der Waals surface area contributed by atoms with Crippen LogP contribution in [0.3, 0.4) is 0 Å². The third-order valence-corrected chi connectivity index (χ3v) is 5.01. The molecule has 0 aliphatic carbocycles. The van der Waals surface area contributed by atoms with Crippen molar-refractivity contribution in [1.82, 2.24) is 4.72 Å². The maximum atomic E-state index is 11.6. The van der Waals surface area contributed by atoms with Gasteiger partial charge in [0, 0.05) is 19.3 Å². The zero-order valence-corrected chi connectivity index (χ0v) is 12.3. The number of hydrogen-bond donors (Lipinski definition) is 2. The Morgan fingerprint density at radius 3 is 2.00 bits per heavy atom. The molecule has 0 saturated carbocycles. The maximum absolute atomic E-state index is 11.6. The van der Waals surface area contributed by atoms with Gasteiger partial charge in [-0.15, -0.1) is 0 Å². The second-order valence-electron chi connectivity index (χ2n) is 4.29. The van der Waals surface area contributed by atoms with E-state index in [1.165, 1.54) is 0 Å². The van der Waals surface area contributed by atoms with Crippen LogP contribution in [0.2, 0.25) is 0 Å². The standard InChI is InChI=1S/C11H18N2O4S2/c1-18(14,15)6-7-19(16,17)13-9-11-4-2-10(8-12)3-5-11/h2-5,13H,6-9,12H2,1H3. The molecule has 0 radical (unpaired) electrons. The highest BCUT2D eigenvalue weighted by Gasteiger charge is 2.13. The van der Waals surface area contributed by atoms with Crippen LogP contribution in [0.1, 0.15) is 11.1 Å². The van der Waals surface area contributed by atoms with Gasteiger partial charge in [0.1, 0.15) is 9.84 Å². The number of nitrogens with one attached hydrogen (secondary N) is 1. The smallest absolute Gasteiger partial charge is 0.212 e. The Hall–Kier alpha value is -0.960. The Kier molecular flexibility index (Phi) is 5.48. The average Bonchev–Trinajstić information content (AvgIpc) is 2.34. The minimum Gasteiger partial charge on any atom is -0.326 e. The molecular weight excluding hydrogens is 288 g/mol. The van der Waals surface area contributed by atoms with Crippen molar-refractivity contribution in [3.8, 4) is 0 Å². The predicted molar refractivity (Wildman–Crippen MR) is 74.7 cm³/mol. The van der Waals surface area contributed by atoms with Gasteiger partial charge in [-0.05, 0) is 11.1 Å². The summed E-state index contributed by atoms with van der Waals surface area (Å²) in [5.74, 6) is -0.804. The van der Waals surface area contributed by atoms with Crippen molar-refractivity contribution in [2.45, 2.75) is 13.1 Å². The molecule has 0 heterocycles. The lowest BCUT2D eigenvalue weighted by Gasteiger charge is -2.07. The number of sulfonamides is 1. The fourth-order valence-corrected chi connectivity index (χ4v) is 3.94. The minimum atomic E-state index is -3.58. The second-order valence-corrected chi connectivity index (χ2v) is 8.48. The Balaban J connectivity index is 2.55. The number of rotatable bonds is 7. The molecule has 8 heteroatoms. The van der Waals surface area contributed by atoms with Crippen LogP contribution in [-0.2, 0) is 33.0 Å². The third kappa shape index (κ3) is 6.67. The lowest BCUT2D eigenvalue weighted by atomic mass is 10.1. The molecule has 3 N–H and O–H groups in total. The molecule has 0 bridgehead atoms. The van der Waals surface area contributed by atoms with E-state index in [1.54, 1.807) is 12.1 Å². The van der Waals surface area contributed by atoms with Gasteiger partial charge in [0.15, 0.2) is 0 Å². The van der Waals surface area contributed by atoms with Crippen LogP contribution in [0.25, 0.3) is 0 Å². The molecule has 0 fully saturated rings. The second kappa shape index (κ2) is 6.47. The molecule has 1 rings (SSSR count). The topological polar surface area (TPSA) is 106 Å². The quantitative estimate of drug-likeness (QED) is 0.713. The minimum absolute atomic E-state index is 0.136. The highest BCUT2D eigenvalue weighted by Crippen LogP contribution is 2.04. The lowest BCUT2D eigenvalue weighted by molar-refractivity contribution is 0.579. The Morgan fingerprint density at radius 1 is 1.00 bits per heavy atom. The average molecular weight is 306 g/mol. The van der Waals surface area contributed by atoms with Crippen molar-refractivity contribution in [3.05, 3.63) is 35.4 Å². The zero-order chi connectivity index (χ0) is 14.5. The van der Waals surface area contributed by atoms with E-state index in [0.717, 1.165) is 17.4 Å². The molecule has 108 valence electrons. The van der Waals surface area contributed by atoms with Crippen LogP contribution in [0.15, 0.2) is 24.3 Å². The number of sulfone groups is 1. The van der Waals surface area contributed by atoms with Gasteiger partial charge in [0.25, 0.3) is 0 Å². The van der Waals surface area contributed by atoms with Crippen molar-refractivity contribution in [2.24, 2.45) is 5.73 Å². The van der Waals surface area contributed by atoms with Crippen molar-refractivity contribution in [2.75, 3.05) is 17.8 Å².